The van der Waals surface area contributed by atoms with Crippen molar-refractivity contribution < 1.29 is 28.6 Å². The monoisotopic (exact) mass is 591 g/mol. The second-order valence-corrected chi connectivity index (χ2v) is 11.3. The number of carbonyl (C=O) groups excluding carboxylic acids is 2. The summed E-state index contributed by atoms with van der Waals surface area (Å²) < 4.78 is 11.7. The highest BCUT2D eigenvalue weighted by Gasteiger charge is 2.40. The predicted octanol–water partition coefficient (Wildman–Crippen LogP) is 6.54. The minimum Gasteiger partial charge on any atom is -0.489 e. The van der Waals surface area contributed by atoms with Gasteiger partial charge in [-0.15, -0.1) is 0 Å². The summed E-state index contributed by atoms with van der Waals surface area (Å²) in [6.45, 7) is 0.367. The van der Waals surface area contributed by atoms with Gasteiger partial charge in [0.1, 0.15) is 17.9 Å². The number of thioether (sulfide) groups is 1. The summed E-state index contributed by atoms with van der Waals surface area (Å²) in [5, 5.41) is 8.24. The largest absolute Gasteiger partial charge is 0.489 e. The maximum atomic E-state index is 13.2. The number of aromatic carboxylic acids is 1. The van der Waals surface area contributed by atoms with E-state index in [9.17, 15) is 19.2 Å². The van der Waals surface area contributed by atoms with Crippen LogP contribution in [-0.2, 0) is 24.4 Å². The number of carboxylic acid groups (broad SMARTS) is 1. The lowest BCUT2D eigenvalue weighted by Gasteiger charge is -2.14. The van der Waals surface area contributed by atoms with E-state index >= 15 is 0 Å². The number of carbonyl (C=O) groups is 3. The van der Waals surface area contributed by atoms with Crippen LogP contribution in [0, 0.1) is 0 Å². The third kappa shape index (κ3) is 6.07. The molecule has 4 aromatic carbocycles. The number of ether oxygens (including phenoxy) is 1. The van der Waals surface area contributed by atoms with Gasteiger partial charge < -0.3 is 14.3 Å². The van der Waals surface area contributed by atoms with Crippen molar-refractivity contribution in [1.29, 1.82) is 0 Å². The van der Waals surface area contributed by atoms with Crippen LogP contribution in [0.25, 0.3) is 22.1 Å². The quantitative estimate of drug-likeness (QED) is 0.205. The lowest BCUT2D eigenvalue weighted by molar-refractivity contribution is -0.127. The van der Waals surface area contributed by atoms with Crippen LogP contribution < -0.4 is 10.2 Å². The highest BCUT2D eigenvalue weighted by molar-refractivity contribution is 8.15. The first kappa shape index (κ1) is 28.0. The molecular formula is C34H25NO7S. The molecule has 0 spiro atoms. The first-order chi connectivity index (χ1) is 20.9. The lowest BCUT2D eigenvalue weighted by atomic mass is 10.0. The molecule has 0 saturated carbocycles. The Bertz CT molecular complexity index is 1880. The van der Waals surface area contributed by atoms with Gasteiger partial charge in [-0.25, -0.2) is 4.79 Å². The van der Waals surface area contributed by atoms with Crippen LogP contribution in [0.2, 0.25) is 0 Å². The zero-order chi connectivity index (χ0) is 29.9. The summed E-state index contributed by atoms with van der Waals surface area (Å²) in [5.41, 5.74) is 4.39. The molecule has 214 valence electrons. The fourth-order valence-corrected chi connectivity index (χ4v) is 5.89. The van der Waals surface area contributed by atoms with E-state index in [1.165, 1.54) is 18.4 Å². The van der Waals surface area contributed by atoms with E-state index in [0.717, 1.165) is 33.4 Å². The van der Waals surface area contributed by atoms with Crippen LogP contribution in [0.5, 0.6) is 5.75 Å². The number of fused-ring (bicyclic) bond motifs is 1. The molecule has 1 saturated heterocycles. The molecule has 1 aromatic heterocycles. The van der Waals surface area contributed by atoms with Crippen LogP contribution >= 0.6 is 11.8 Å². The van der Waals surface area contributed by atoms with Crippen molar-refractivity contribution in [3.8, 4) is 16.9 Å². The van der Waals surface area contributed by atoms with Crippen LogP contribution in [-0.4, -0.2) is 32.4 Å². The highest BCUT2D eigenvalue weighted by atomic mass is 32.2. The van der Waals surface area contributed by atoms with Gasteiger partial charge >= 0.3 is 5.97 Å². The Kier molecular flexibility index (Phi) is 7.81. The fraction of sp³-hybridized carbons (Fsp3) is 0.118. The Hall–Kier alpha value is -5.15. The van der Waals surface area contributed by atoms with Crippen molar-refractivity contribution in [2.45, 2.75) is 24.8 Å². The number of imide groups is 1. The van der Waals surface area contributed by atoms with Crippen LogP contribution in [0.3, 0.4) is 0 Å². The standard InChI is InChI=1S/C34H25NO7S/c36-31-26(16-30-32(37)35(34(40)43-30)18-21-6-12-25(13-7-21)33(38)39)20-42-29-17-27(14-15-28(29)31)41-19-22-8-10-24(11-9-22)23-4-2-1-3-5-23/h1-15,17,20,30H,16,18-19H2,(H,38,39). The number of rotatable bonds is 9. The lowest BCUT2D eigenvalue weighted by Crippen LogP contribution is -2.32. The van der Waals surface area contributed by atoms with Gasteiger partial charge in [0.05, 0.1) is 29.0 Å². The Labute approximate surface area is 250 Å². The van der Waals surface area contributed by atoms with Gasteiger partial charge in [0.2, 0.25) is 5.91 Å². The average Bonchev–Trinajstić information content (AvgIpc) is 3.29. The molecule has 2 heterocycles. The first-order valence-electron chi connectivity index (χ1n) is 13.5. The normalized spacial score (nSPS) is 14.8. The summed E-state index contributed by atoms with van der Waals surface area (Å²) in [7, 11) is 0. The fourth-order valence-electron chi connectivity index (χ4n) is 4.88. The van der Waals surface area contributed by atoms with Crippen molar-refractivity contribution in [2.75, 3.05) is 0 Å². The smallest absolute Gasteiger partial charge is 0.335 e. The molecule has 8 nitrogen and oxygen atoms in total. The predicted molar refractivity (Wildman–Crippen MR) is 163 cm³/mol. The molecule has 1 fully saturated rings. The summed E-state index contributed by atoms with van der Waals surface area (Å²) in [5.74, 6) is -0.912. The number of hydrogen-bond acceptors (Lipinski definition) is 7. The molecule has 43 heavy (non-hydrogen) atoms. The zero-order valence-electron chi connectivity index (χ0n) is 22.8. The van der Waals surface area contributed by atoms with E-state index < -0.39 is 22.4 Å². The Balaban J connectivity index is 1.10. The summed E-state index contributed by atoms with van der Waals surface area (Å²) in [6.07, 6.45) is 1.38. The third-order valence-corrected chi connectivity index (χ3v) is 8.31. The van der Waals surface area contributed by atoms with E-state index in [1.807, 2.05) is 42.5 Å². The molecule has 9 heteroatoms. The van der Waals surface area contributed by atoms with Crippen LogP contribution in [0.4, 0.5) is 4.79 Å². The molecule has 1 unspecified atom stereocenters. The second-order valence-electron chi connectivity index (χ2n) is 10.1. The summed E-state index contributed by atoms with van der Waals surface area (Å²) >= 11 is 0.867. The topological polar surface area (TPSA) is 114 Å². The molecule has 5 aromatic rings. The maximum absolute atomic E-state index is 13.2. The van der Waals surface area contributed by atoms with E-state index in [4.69, 9.17) is 14.3 Å². The molecule has 1 atom stereocenters. The number of amides is 2. The molecule has 0 aliphatic carbocycles. The van der Waals surface area contributed by atoms with E-state index in [0.29, 0.717) is 34.5 Å². The van der Waals surface area contributed by atoms with Gasteiger partial charge in [0, 0.05) is 18.1 Å². The Morgan fingerprint density at radius 1 is 0.860 bits per heavy atom. The minimum atomic E-state index is -1.06. The molecule has 1 aliphatic heterocycles. The van der Waals surface area contributed by atoms with Crippen molar-refractivity contribution in [2.24, 2.45) is 0 Å². The van der Waals surface area contributed by atoms with Crippen LogP contribution in [0.1, 0.15) is 27.0 Å². The summed E-state index contributed by atoms with van der Waals surface area (Å²) in [6, 6.07) is 29.2. The second kappa shape index (κ2) is 12.0. The minimum absolute atomic E-state index is 0.0212. The van der Waals surface area contributed by atoms with Gasteiger partial charge in [0.25, 0.3) is 5.24 Å². The molecule has 1 N–H and O–H groups in total. The van der Waals surface area contributed by atoms with Crippen molar-refractivity contribution in [3.63, 3.8) is 0 Å². The SMILES string of the molecule is O=C(O)c1ccc(CN2C(=O)SC(Cc3coc4cc(OCc5ccc(-c6ccccc6)cc5)ccc4c3=O)C2=O)cc1. The molecule has 2 amide bonds. The third-order valence-electron chi connectivity index (χ3n) is 7.24. The van der Waals surface area contributed by atoms with Crippen molar-refractivity contribution in [1.82, 2.24) is 4.90 Å². The van der Waals surface area contributed by atoms with Gasteiger partial charge in [-0.3, -0.25) is 19.3 Å². The zero-order valence-corrected chi connectivity index (χ0v) is 23.6. The van der Waals surface area contributed by atoms with Gasteiger partial charge in [-0.05, 0) is 46.5 Å². The van der Waals surface area contributed by atoms with Gasteiger partial charge in [-0.2, -0.15) is 0 Å². The van der Waals surface area contributed by atoms with E-state index in [-0.39, 0.29) is 24.0 Å². The van der Waals surface area contributed by atoms with Gasteiger partial charge in [-0.1, -0.05) is 78.5 Å². The summed E-state index contributed by atoms with van der Waals surface area (Å²) in [4.78, 5) is 51.1. The van der Waals surface area contributed by atoms with Crippen molar-refractivity contribution in [3.05, 3.63) is 136 Å². The molecular weight excluding hydrogens is 566 g/mol. The van der Waals surface area contributed by atoms with E-state index in [1.54, 1.807) is 30.3 Å². The molecule has 1 aliphatic rings. The first-order valence-corrected chi connectivity index (χ1v) is 14.4. The highest BCUT2D eigenvalue weighted by Crippen LogP contribution is 2.31. The average molecular weight is 592 g/mol. The van der Waals surface area contributed by atoms with Crippen molar-refractivity contribution >= 4 is 39.8 Å². The van der Waals surface area contributed by atoms with Gasteiger partial charge in [0.15, 0.2) is 5.43 Å². The molecule has 6 rings (SSSR count). The Morgan fingerprint density at radius 2 is 1.56 bits per heavy atom. The number of benzene rings is 4. The number of carboxylic acids is 1. The Morgan fingerprint density at radius 3 is 2.28 bits per heavy atom. The van der Waals surface area contributed by atoms with E-state index in [2.05, 4.69) is 12.1 Å². The molecule has 0 bridgehead atoms. The number of nitrogens with zero attached hydrogens (tertiary/aromatic N) is 1. The maximum Gasteiger partial charge on any atom is 0.335 e. The number of hydrogen-bond donors (Lipinski definition) is 1. The molecule has 0 radical (unpaired) electrons. The van der Waals surface area contributed by atoms with Crippen LogP contribution in [0.15, 0.2) is 113 Å².